The molecule has 6 heteroatoms. The topological polar surface area (TPSA) is 101 Å². The highest BCUT2D eigenvalue weighted by molar-refractivity contribution is 5.90. The van der Waals surface area contributed by atoms with E-state index in [0.29, 0.717) is 12.0 Å². The maximum atomic E-state index is 12.1. The summed E-state index contributed by atoms with van der Waals surface area (Å²) in [5.74, 6) is -0.258. The number of aryl methyl sites for hydroxylation is 1. The van der Waals surface area contributed by atoms with E-state index in [1.807, 2.05) is 6.92 Å². The summed E-state index contributed by atoms with van der Waals surface area (Å²) in [6.45, 7) is 2.03. The number of phenolic OH excluding ortho intramolecular Hbond substituents is 2. The van der Waals surface area contributed by atoms with Gasteiger partial charge in [0, 0.05) is 7.05 Å². The molecule has 2 rings (SSSR count). The zero-order chi connectivity index (χ0) is 14.2. The second-order valence-electron chi connectivity index (χ2n) is 4.56. The highest BCUT2D eigenvalue weighted by Crippen LogP contribution is 2.33. The number of benzene rings is 1. The second kappa shape index (κ2) is 4.79. The fourth-order valence-corrected chi connectivity index (χ4v) is 2.04. The average molecular weight is 263 g/mol. The molecule has 1 aromatic heterocycles. The molecule has 0 fully saturated rings. The number of fused-ring (bicyclic) bond motifs is 1. The van der Waals surface area contributed by atoms with E-state index >= 15 is 0 Å². The van der Waals surface area contributed by atoms with Crippen molar-refractivity contribution in [2.75, 3.05) is 5.73 Å². The Labute approximate surface area is 110 Å². The van der Waals surface area contributed by atoms with Crippen LogP contribution in [0.1, 0.15) is 25.3 Å². The van der Waals surface area contributed by atoms with E-state index in [1.165, 1.54) is 13.1 Å². The molecule has 6 nitrogen and oxygen atoms in total. The Hall–Kier alpha value is -2.24. The molecule has 0 saturated carbocycles. The Morgan fingerprint density at radius 1 is 1.42 bits per heavy atom. The van der Waals surface area contributed by atoms with Crippen LogP contribution < -0.4 is 11.3 Å². The van der Waals surface area contributed by atoms with Crippen molar-refractivity contribution in [3.05, 3.63) is 22.0 Å². The predicted octanol–water partition coefficient (Wildman–Crippen LogP) is 1.27. The van der Waals surface area contributed by atoms with Gasteiger partial charge in [0.15, 0.2) is 0 Å². The molecule has 102 valence electrons. The molecular formula is C13H17N3O3. The number of phenols is 2. The molecule has 0 unspecified atom stereocenters. The first kappa shape index (κ1) is 13.2. The third-order valence-corrected chi connectivity index (χ3v) is 3.22. The summed E-state index contributed by atoms with van der Waals surface area (Å²) < 4.78 is 1.14. The second-order valence-corrected chi connectivity index (χ2v) is 4.56. The van der Waals surface area contributed by atoms with Crippen molar-refractivity contribution in [3.63, 3.8) is 0 Å². The minimum atomic E-state index is -0.464. The Morgan fingerprint density at radius 2 is 2.11 bits per heavy atom. The van der Waals surface area contributed by atoms with Gasteiger partial charge in [-0.1, -0.05) is 13.3 Å². The summed E-state index contributed by atoms with van der Waals surface area (Å²) in [5.41, 5.74) is 5.71. The SMILES string of the molecule is CCCCc1cc(O)c2nc(N)n(C)c(=O)c2c1O. The smallest absolute Gasteiger partial charge is 0.266 e. The van der Waals surface area contributed by atoms with Crippen molar-refractivity contribution >= 4 is 16.9 Å². The van der Waals surface area contributed by atoms with E-state index in [0.717, 1.165) is 17.4 Å². The quantitative estimate of drug-likeness (QED) is 0.724. The lowest BCUT2D eigenvalue weighted by Crippen LogP contribution is -2.21. The zero-order valence-electron chi connectivity index (χ0n) is 11.0. The van der Waals surface area contributed by atoms with Crippen LogP contribution in [-0.2, 0) is 13.5 Å². The van der Waals surface area contributed by atoms with Gasteiger partial charge in [-0.05, 0) is 24.5 Å². The van der Waals surface area contributed by atoms with E-state index in [9.17, 15) is 15.0 Å². The van der Waals surface area contributed by atoms with E-state index in [2.05, 4.69) is 4.98 Å². The van der Waals surface area contributed by atoms with Crippen molar-refractivity contribution in [2.24, 2.45) is 7.05 Å². The minimum absolute atomic E-state index is 0.00601. The Morgan fingerprint density at radius 3 is 2.74 bits per heavy atom. The molecule has 0 aliphatic rings. The van der Waals surface area contributed by atoms with Gasteiger partial charge in [0.1, 0.15) is 22.4 Å². The molecule has 1 aromatic carbocycles. The van der Waals surface area contributed by atoms with Crippen molar-refractivity contribution in [1.82, 2.24) is 9.55 Å². The molecule has 1 heterocycles. The number of anilines is 1. The lowest BCUT2D eigenvalue weighted by Gasteiger charge is -2.11. The number of nitrogen functional groups attached to an aromatic ring is 1. The van der Waals surface area contributed by atoms with Crippen LogP contribution in [0.4, 0.5) is 5.95 Å². The first-order valence-electron chi connectivity index (χ1n) is 6.17. The minimum Gasteiger partial charge on any atom is -0.507 e. The zero-order valence-corrected chi connectivity index (χ0v) is 11.0. The van der Waals surface area contributed by atoms with Crippen LogP contribution in [0.15, 0.2) is 10.9 Å². The van der Waals surface area contributed by atoms with Crippen LogP contribution in [-0.4, -0.2) is 19.8 Å². The molecule has 2 aromatic rings. The van der Waals surface area contributed by atoms with Crippen molar-refractivity contribution < 1.29 is 10.2 Å². The molecule has 4 N–H and O–H groups in total. The maximum absolute atomic E-state index is 12.1. The van der Waals surface area contributed by atoms with Gasteiger partial charge in [-0.2, -0.15) is 0 Å². The summed E-state index contributed by atoms with van der Waals surface area (Å²) in [7, 11) is 1.47. The third-order valence-electron chi connectivity index (χ3n) is 3.22. The summed E-state index contributed by atoms with van der Waals surface area (Å²) in [6.07, 6.45) is 2.41. The summed E-state index contributed by atoms with van der Waals surface area (Å²) in [6, 6.07) is 1.44. The number of nitrogens with zero attached hydrogens (tertiary/aromatic N) is 2. The number of unbranched alkanes of at least 4 members (excludes halogenated alkanes) is 1. The monoisotopic (exact) mass is 263 g/mol. The highest BCUT2D eigenvalue weighted by Gasteiger charge is 2.17. The molecule has 0 aliphatic heterocycles. The predicted molar refractivity (Wildman–Crippen MR) is 73.3 cm³/mol. The van der Waals surface area contributed by atoms with Gasteiger partial charge in [0.25, 0.3) is 5.56 Å². The lowest BCUT2D eigenvalue weighted by atomic mass is 10.0. The van der Waals surface area contributed by atoms with Crippen LogP contribution in [0, 0.1) is 0 Å². The Kier molecular flexibility index (Phi) is 3.33. The first-order chi connectivity index (χ1) is 8.97. The van der Waals surface area contributed by atoms with Gasteiger partial charge in [-0.15, -0.1) is 0 Å². The standard InChI is InChI=1S/C13H17N3O3/c1-3-4-5-7-6-8(17)10-9(11(7)18)12(19)16(2)13(14)15-10/h6,17-18H,3-5H2,1-2H3,(H2,14,15). The fraction of sp³-hybridized carbons (Fsp3) is 0.385. The number of aromatic hydroxyl groups is 2. The van der Waals surface area contributed by atoms with Crippen LogP contribution in [0.3, 0.4) is 0 Å². The van der Waals surface area contributed by atoms with Crippen LogP contribution in [0.5, 0.6) is 11.5 Å². The molecule has 0 spiro atoms. The molecule has 0 saturated heterocycles. The van der Waals surface area contributed by atoms with E-state index < -0.39 is 5.56 Å². The first-order valence-corrected chi connectivity index (χ1v) is 6.17. The highest BCUT2D eigenvalue weighted by atomic mass is 16.3. The van der Waals surface area contributed by atoms with E-state index in [1.54, 1.807) is 0 Å². The van der Waals surface area contributed by atoms with Crippen molar-refractivity contribution in [1.29, 1.82) is 0 Å². The molecule has 0 bridgehead atoms. The van der Waals surface area contributed by atoms with Gasteiger partial charge >= 0.3 is 0 Å². The largest absolute Gasteiger partial charge is 0.507 e. The van der Waals surface area contributed by atoms with Crippen molar-refractivity contribution in [2.45, 2.75) is 26.2 Å². The van der Waals surface area contributed by atoms with Crippen LogP contribution in [0.2, 0.25) is 0 Å². The summed E-state index contributed by atoms with van der Waals surface area (Å²) in [5, 5.41) is 20.1. The van der Waals surface area contributed by atoms with Crippen LogP contribution >= 0.6 is 0 Å². The lowest BCUT2D eigenvalue weighted by molar-refractivity contribution is 0.460. The van der Waals surface area contributed by atoms with Gasteiger partial charge in [0.05, 0.1) is 0 Å². The molecule has 0 atom stereocenters. The van der Waals surface area contributed by atoms with Gasteiger partial charge in [0.2, 0.25) is 5.95 Å². The van der Waals surface area contributed by atoms with Gasteiger partial charge in [-0.3, -0.25) is 9.36 Å². The third kappa shape index (κ3) is 2.09. The van der Waals surface area contributed by atoms with E-state index in [-0.39, 0.29) is 28.4 Å². The molecular weight excluding hydrogens is 246 g/mol. The number of aromatic nitrogens is 2. The summed E-state index contributed by atoms with van der Waals surface area (Å²) in [4.78, 5) is 16.1. The molecule has 19 heavy (non-hydrogen) atoms. The number of rotatable bonds is 3. The number of nitrogens with two attached hydrogens (primary N) is 1. The average Bonchev–Trinajstić information content (AvgIpc) is 2.38. The Bertz CT molecular complexity index is 692. The van der Waals surface area contributed by atoms with Crippen LogP contribution in [0.25, 0.3) is 10.9 Å². The fourth-order valence-electron chi connectivity index (χ4n) is 2.04. The Balaban J connectivity index is 2.80. The molecule has 0 amide bonds. The summed E-state index contributed by atoms with van der Waals surface area (Å²) >= 11 is 0. The van der Waals surface area contributed by atoms with Gasteiger partial charge in [-0.25, -0.2) is 4.98 Å². The van der Waals surface area contributed by atoms with Crippen molar-refractivity contribution in [3.8, 4) is 11.5 Å². The molecule has 0 aliphatic carbocycles. The van der Waals surface area contributed by atoms with E-state index in [4.69, 9.17) is 5.73 Å². The van der Waals surface area contributed by atoms with Gasteiger partial charge < -0.3 is 15.9 Å². The number of hydrogen-bond acceptors (Lipinski definition) is 5. The molecule has 0 radical (unpaired) electrons. The number of hydrogen-bond donors (Lipinski definition) is 3. The maximum Gasteiger partial charge on any atom is 0.266 e. The normalized spacial score (nSPS) is 11.1.